The third-order valence-electron chi connectivity index (χ3n) is 8.94. The Balaban J connectivity index is 1.62. The van der Waals surface area contributed by atoms with Gasteiger partial charge in [0, 0.05) is 18.7 Å². The van der Waals surface area contributed by atoms with E-state index in [1.165, 1.54) is 5.57 Å². The molecule has 0 unspecified atom stereocenters. The van der Waals surface area contributed by atoms with Crippen LogP contribution in [0.15, 0.2) is 42.1 Å². The maximum absolute atomic E-state index is 12.6. The zero-order valence-corrected chi connectivity index (χ0v) is 17.7. The molecule has 3 aliphatic carbocycles. The zero-order valence-electron chi connectivity index (χ0n) is 17.7. The lowest BCUT2D eigenvalue weighted by molar-refractivity contribution is -0.135. The number of aromatic nitrogens is 1. The Bertz CT molecular complexity index is 878. The third kappa shape index (κ3) is 2.68. The first kappa shape index (κ1) is 19.0. The van der Waals surface area contributed by atoms with Gasteiger partial charge in [-0.25, -0.2) is 0 Å². The quantitative estimate of drug-likeness (QED) is 0.784. The van der Waals surface area contributed by atoms with Gasteiger partial charge in [0.1, 0.15) is 0 Å². The van der Waals surface area contributed by atoms with Gasteiger partial charge in [0.15, 0.2) is 0 Å². The molecule has 7 atom stereocenters. The molecule has 1 amide bonds. The Labute approximate surface area is 173 Å². The van der Waals surface area contributed by atoms with Gasteiger partial charge in [-0.15, -0.1) is 0 Å². The van der Waals surface area contributed by atoms with Crippen LogP contribution in [-0.2, 0) is 4.79 Å². The summed E-state index contributed by atoms with van der Waals surface area (Å²) in [5.41, 5.74) is 2.25. The van der Waals surface area contributed by atoms with Crippen molar-refractivity contribution in [1.29, 1.82) is 0 Å². The third-order valence-corrected chi connectivity index (χ3v) is 8.94. The predicted octanol–water partition coefficient (Wildman–Crippen LogP) is 4.08. The molecule has 1 aliphatic heterocycles. The van der Waals surface area contributed by atoms with Crippen molar-refractivity contribution >= 4 is 12.0 Å². The van der Waals surface area contributed by atoms with E-state index in [0.29, 0.717) is 17.8 Å². The van der Waals surface area contributed by atoms with Gasteiger partial charge in [-0.3, -0.25) is 9.78 Å². The van der Waals surface area contributed by atoms with Gasteiger partial charge in [-0.2, -0.15) is 0 Å². The van der Waals surface area contributed by atoms with E-state index in [2.05, 4.69) is 31.0 Å². The summed E-state index contributed by atoms with van der Waals surface area (Å²) in [7, 11) is 1.95. The van der Waals surface area contributed by atoms with Crippen molar-refractivity contribution < 1.29 is 9.90 Å². The zero-order chi connectivity index (χ0) is 20.4. The van der Waals surface area contributed by atoms with Crippen LogP contribution >= 0.6 is 0 Å². The molecule has 3 saturated carbocycles. The molecule has 0 bridgehead atoms. The van der Waals surface area contributed by atoms with E-state index in [9.17, 15) is 9.90 Å². The monoisotopic (exact) mass is 392 g/mol. The van der Waals surface area contributed by atoms with Crippen molar-refractivity contribution in [3.63, 3.8) is 0 Å². The van der Waals surface area contributed by atoms with Crippen LogP contribution < -0.4 is 0 Å². The SMILES string of the molecule is CN1C(=O)C=C[C@]2(C)[C@H]3CC[C@]4(C)[C@@H](O)CC[C@H]4[C@@H]3C/C(=C\c3ccccn3)[C@@H]12. The largest absolute Gasteiger partial charge is 0.393 e. The van der Waals surface area contributed by atoms with Gasteiger partial charge >= 0.3 is 0 Å². The second kappa shape index (κ2) is 6.53. The molecule has 3 fully saturated rings. The summed E-state index contributed by atoms with van der Waals surface area (Å²) in [6.07, 6.45) is 13.1. The Morgan fingerprint density at radius 3 is 2.79 bits per heavy atom. The summed E-state index contributed by atoms with van der Waals surface area (Å²) in [5.74, 6) is 1.74. The van der Waals surface area contributed by atoms with E-state index in [1.807, 2.05) is 36.3 Å². The van der Waals surface area contributed by atoms with Crippen molar-refractivity contribution in [2.45, 2.75) is 58.1 Å². The standard InChI is InChI=1S/C25H32N2O2/c1-24-11-9-20-18(19(24)7-8-21(24)28)15-16(14-17-6-4-5-13-26-17)23-25(20,2)12-10-22(29)27(23)3/h4-6,10,12-14,18-21,23,28H,7-9,11,15H2,1-3H3/b16-14+/t18-,19-,20-,21-,23+,24-,25+/m0/s1. The highest BCUT2D eigenvalue weighted by molar-refractivity contribution is 5.89. The number of carbonyl (C=O) groups is 1. The summed E-state index contributed by atoms with van der Waals surface area (Å²) >= 11 is 0. The highest BCUT2D eigenvalue weighted by atomic mass is 16.3. The van der Waals surface area contributed by atoms with Crippen molar-refractivity contribution in [1.82, 2.24) is 9.88 Å². The molecule has 154 valence electrons. The first-order valence-electron chi connectivity index (χ1n) is 11.1. The molecule has 0 saturated heterocycles. The summed E-state index contributed by atoms with van der Waals surface area (Å²) < 4.78 is 0. The van der Waals surface area contributed by atoms with E-state index in [-0.39, 0.29) is 28.9 Å². The van der Waals surface area contributed by atoms with Crippen molar-refractivity contribution in [2.75, 3.05) is 7.05 Å². The molecule has 1 aromatic heterocycles. The number of rotatable bonds is 1. The number of aliphatic hydroxyl groups excluding tert-OH is 1. The minimum Gasteiger partial charge on any atom is -0.393 e. The average Bonchev–Trinajstić information content (AvgIpc) is 3.01. The topological polar surface area (TPSA) is 53.4 Å². The lowest BCUT2D eigenvalue weighted by atomic mass is 9.47. The Morgan fingerprint density at radius 1 is 1.21 bits per heavy atom. The molecular formula is C25H32N2O2. The number of likely N-dealkylation sites (N-methyl/N-ethyl adjacent to an activating group) is 1. The van der Waals surface area contributed by atoms with E-state index in [1.54, 1.807) is 6.08 Å². The molecule has 4 heteroatoms. The maximum Gasteiger partial charge on any atom is 0.246 e. The van der Waals surface area contributed by atoms with Crippen LogP contribution in [0, 0.1) is 28.6 Å². The molecule has 29 heavy (non-hydrogen) atoms. The molecule has 0 radical (unpaired) electrons. The number of hydrogen-bond acceptors (Lipinski definition) is 3. The lowest BCUT2D eigenvalue weighted by Gasteiger charge is -2.60. The fraction of sp³-hybridized carbons (Fsp3) is 0.600. The number of carbonyl (C=O) groups excluding carboxylic acids is 1. The second-order valence-corrected chi connectivity index (χ2v) is 10.2. The molecule has 1 N–H and O–H groups in total. The van der Waals surface area contributed by atoms with Crippen LogP contribution in [0.4, 0.5) is 0 Å². The lowest BCUT2D eigenvalue weighted by Crippen LogP contribution is -2.60. The summed E-state index contributed by atoms with van der Waals surface area (Å²) in [6.45, 7) is 4.67. The van der Waals surface area contributed by atoms with Crippen LogP contribution in [0.5, 0.6) is 0 Å². The van der Waals surface area contributed by atoms with Gasteiger partial charge in [-0.05, 0) is 85.1 Å². The normalized spacial score (nSPS) is 45.1. The first-order chi connectivity index (χ1) is 13.8. The number of aliphatic hydroxyl groups is 1. The number of amides is 1. The minimum absolute atomic E-state index is 0.0422. The van der Waals surface area contributed by atoms with Crippen LogP contribution in [0.1, 0.15) is 51.6 Å². The summed E-state index contributed by atoms with van der Waals surface area (Å²) in [6, 6.07) is 6.08. The van der Waals surface area contributed by atoms with Gasteiger partial charge in [0.25, 0.3) is 0 Å². The molecule has 4 aliphatic rings. The molecule has 4 nitrogen and oxygen atoms in total. The molecule has 0 spiro atoms. The van der Waals surface area contributed by atoms with Crippen LogP contribution in [0.25, 0.3) is 6.08 Å². The number of hydrogen-bond donors (Lipinski definition) is 1. The van der Waals surface area contributed by atoms with Gasteiger partial charge in [0.2, 0.25) is 5.91 Å². The smallest absolute Gasteiger partial charge is 0.246 e. The first-order valence-corrected chi connectivity index (χ1v) is 11.1. The second-order valence-electron chi connectivity index (χ2n) is 10.2. The molecule has 5 rings (SSSR count). The molecular weight excluding hydrogens is 360 g/mol. The number of pyridine rings is 1. The maximum atomic E-state index is 12.6. The van der Waals surface area contributed by atoms with Crippen molar-refractivity contribution in [3.8, 4) is 0 Å². The van der Waals surface area contributed by atoms with E-state index < -0.39 is 0 Å². The highest BCUT2D eigenvalue weighted by Crippen LogP contribution is 2.64. The summed E-state index contributed by atoms with van der Waals surface area (Å²) in [4.78, 5) is 19.1. The number of fused-ring (bicyclic) bond motifs is 5. The van der Waals surface area contributed by atoms with E-state index >= 15 is 0 Å². The van der Waals surface area contributed by atoms with Crippen LogP contribution in [0.3, 0.4) is 0 Å². The molecule has 0 aromatic carbocycles. The van der Waals surface area contributed by atoms with Crippen LogP contribution in [-0.4, -0.2) is 40.1 Å². The van der Waals surface area contributed by atoms with E-state index in [0.717, 1.165) is 37.8 Å². The Morgan fingerprint density at radius 2 is 2.03 bits per heavy atom. The summed E-state index contributed by atoms with van der Waals surface area (Å²) in [5, 5.41) is 10.8. The van der Waals surface area contributed by atoms with Crippen molar-refractivity contribution in [3.05, 3.63) is 47.8 Å². The minimum atomic E-state index is -0.173. The van der Waals surface area contributed by atoms with Gasteiger partial charge in [-0.1, -0.05) is 26.0 Å². The number of nitrogens with zero attached hydrogens (tertiary/aromatic N) is 2. The van der Waals surface area contributed by atoms with E-state index in [4.69, 9.17) is 0 Å². The predicted molar refractivity (Wildman–Crippen MR) is 114 cm³/mol. The average molecular weight is 393 g/mol. The highest BCUT2D eigenvalue weighted by Gasteiger charge is 2.61. The molecule has 1 aromatic rings. The fourth-order valence-electron chi connectivity index (χ4n) is 7.47. The van der Waals surface area contributed by atoms with Crippen LogP contribution in [0.2, 0.25) is 0 Å². The van der Waals surface area contributed by atoms with Gasteiger partial charge < -0.3 is 10.0 Å². The van der Waals surface area contributed by atoms with Crippen molar-refractivity contribution in [2.24, 2.45) is 28.6 Å². The van der Waals surface area contributed by atoms with Gasteiger partial charge in [0.05, 0.1) is 17.8 Å². The Hall–Kier alpha value is -1.94. The fourth-order valence-corrected chi connectivity index (χ4v) is 7.47. The molecule has 2 heterocycles. The Kier molecular flexibility index (Phi) is 4.29.